The molecule has 2 aromatic carbocycles. The molecule has 0 bridgehead atoms. The minimum atomic E-state index is -0.697. The first kappa shape index (κ1) is 20.7. The van der Waals surface area contributed by atoms with E-state index >= 15 is 0 Å². The van der Waals surface area contributed by atoms with Gasteiger partial charge in [-0.25, -0.2) is 15.2 Å². The van der Waals surface area contributed by atoms with Gasteiger partial charge in [-0.3, -0.25) is 10.1 Å². The number of amides is 3. The van der Waals surface area contributed by atoms with Gasteiger partial charge in [-0.1, -0.05) is 29.8 Å². The highest BCUT2D eigenvalue weighted by Gasteiger charge is 2.48. The van der Waals surface area contributed by atoms with Gasteiger partial charge in [0.2, 0.25) is 5.96 Å². The predicted molar refractivity (Wildman–Crippen MR) is 117 cm³/mol. The van der Waals surface area contributed by atoms with E-state index in [1.165, 1.54) is 4.90 Å². The van der Waals surface area contributed by atoms with E-state index in [1.54, 1.807) is 31.3 Å². The van der Waals surface area contributed by atoms with E-state index in [1.807, 2.05) is 42.5 Å². The Morgan fingerprint density at radius 1 is 1.23 bits per heavy atom. The van der Waals surface area contributed by atoms with Crippen LogP contribution in [0.4, 0.5) is 4.79 Å². The third kappa shape index (κ3) is 4.17. The van der Waals surface area contributed by atoms with Crippen LogP contribution in [-0.2, 0) is 11.3 Å². The third-order valence-corrected chi connectivity index (χ3v) is 5.52. The summed E-state index contributed by atoms with van der Waals surface area (Å²) < 4.78 is 5.15. The first-order valence-corrected chi connectivity index (χ1v) is 9.94. The lowest BCUT2D eigenvalue weighted by Crippen LogP contribution is -2.63. The van der Waals surface area contributed by atoms with E-state index in [0.29, 0.717) is 17.5 Å². The van der Waals surface area contributed by atoms with Gasteiger partial charge in [0, 0.05) is 18.6 Å². The first-order chi connectivity index (χ1) is 15.0. The van der Waals surface area contributed by atoms with Crippen molar-refractivity contribution in [1.29, 1.82) is 0 Å². The number of hydrogen-bond donors (Lipinski definition) is 2. The van der Waals surface area contributed by atoms with Gasteiger partial charge in [0.15, 0.2) is 12.2 Å². The summed E-state index contributed by atoms with van der Waals surface area (Å²) in [6.45, 7) is 0.320. The van der Waals surface area contributed by atoms with Gasteiger partial charge in [-0.05, 0) is 41.5 Å². The monoisotopic (exact) mass is 440 g/mol. The molecule has 3 amide bonds. The topological polar surface area (TPSA) is 98.6 Å². The molecule has 2 N–H and O–H groups in total. The van der Waals surface area contributed by atoms with Crippen LogP contribution in [0.3, 0.4) is 0 Å². The summed E-state index contributed by atoms with van der Waals surface area (Å²) in [6, 6.07) is 13.6. The number of fused-ring (bicyclic) bond motifs is 1. The van der Waals surface area contributed by atoms with E-state index in [2.05, 4.69) is 20.8 Å². The molecule has 2 heterocycles. The maximum atomic E-state index is 12.6. The smallest absolute Gasteiger partial charge is 0.325 e. The van der Waals surface area contributed by atoms with Crippen molar-refractivity contribution in [3.8, 4) is 5.75 Å². The summed E-state index contributed by atoms with van der Waals surface area (Å²) in [5, 5.41) is 7.21. The maximum absolute atomic E-state index is 12.6. The molecule has 2 aromatic rings. The number of methoxy groups -OCH3 is 1. The number of aliphatic imine (C=N–C) groups is 1. The Balaban J connectivity index is 1.59. The molecule has 1 fully saturated rings. The normalized spacial score (nSPS) is 20.5. The van der Waals surface area contributed by atoms with Gasteiger partial charge in [0.1, 0.15) is 5.75 Å². The zero-order chi connectivity index (χ0) is 22.0. The van der Waals surface area contributed by atoms with E-state index in [0.717, 1.165) is 16.9 Å². The van der Waals surface area contributed by atoms with Crippen molar-refractivity contribution in [2.24, 2.45) is 10.1 Å². The highest BCUT2D eigenvalue weighted by molar-refractivity contribution is 6.31. The van der Waals surface area contributed by atoms with Crippen LogP contribution < -0.4 is 15.5 Å². The van der Waals surface area contributed by atoms with E-state index in [4.69, 9.17) is 16.3 Å². The average Bonchev–Trinajstić information content (AvgIpc) is 3.13. The van der Waals surface area contributed by atoms with Gasteiger partial charge in [0.25, 0.3) is 5.91 Å². The summed E-state index contributed by atoms with van der Waals surface area (Å²) in [4.78, 5) is 32.4. The predicted octanol–water partition coefficient (Wildman–Crippen LogP) is 2.02. The molecule has 0 aromatic heterocycles. The van der Waals surface area contributed by atoms with Gasteiger partial charge >= 0.3 is 6.03 Å². The standard InChI is InChI=1S/C21H21ClN6O3/c1-27-18-17(19(29)25-21(27)30)28(12-14-5-3-4-6-16(14)22)20(24-18)26-23-11-13-7-9-15(31-2)10-8-13/h3-11,17-18H,12H2,1-2H3,(H,24,26)(H,25,29,30)/b23-11+. The number of hydrazone groups is 1. The second-order valence-corrected chi connectivity index (χ2v) is 7.49. The minimum Gasteiger partial charge on any atom is -0.497 e. The fourth-order valence-corrected chi connectivity index (χ4v) is 3.65. The van der Waals surface area contributed by atoms with Crippen LogP contribution in [0.1, 0.15) is 11.1 Å². The Morgan fingerprint density at radius 2 is 1.97 bits per heavy atom. The molecule has 160 valence electrons. The van der Waals surface area contributed by atoms with Crippen molar-refractivity contribution in [3.63, 3.8) is 0 Å². The summed E-state index contributed by atoms with van der Waals surface area (Å²) in [5.41, 5.74) is 4.59. The van der Waals surface area contributed by atoms with Crippen molar-refractivity contribution in [1.82, 2.24) is 20.5 Å². The van der Waals surface area contributed by atoms with E-state index in [9.17, 15) is 9.59 Å². The molecule has 0 saturated carbocycles. The van der Waals surface area contributed by atoms with Crippen molar-refractivity contribution >= 4 is 35.7 Å². The maximum Gasteiger partial charge on any atom is 0.325 e. The summed E-state index contributed by atoms with van der Waals surface area (Å²) in [6.07, 6.45) is 0.967. The SMILES string of the molecule is COc1ccc(/C=N/NC2=NC3C(C(=O)NC(=O)N3C)N2Cc2ccccc2Cl)cc1. The number of halogens is 1. The van der Waals surface area contributed by atoms with Crippen LogP contribution in [0.25, 0.3) is 0 Å². The van der Waals surface area contributed by atoms with Crippen LogP contribution in [0, 0.1) is 0 Å². The molecule has 0 spiro atoms. The molecule has 2 unspecified atom stereocenters. The van der Waals surface area contributed by atoms with Crippen LogP contribution in [-0.4, -0.2) is 60.3 Å². The number of carbonyl (C=O) groups is 2. The van der Waals surface area contributed by atoms with Crippen molar-refractivity contribution in [2.75, 3.05) is 14.2 Å². The first-order valence-electron chi connectivity index (χ1n) is 9.56. The fourth-order valence-electron chi connectivity index (χ4n) is 3.46. The number of nitrogens with one attached hydrogen (secondary N) is 2. The fraction of sp³-hybridized carbons (Fsp3) is 0.238. The van der Waals surface area contributed by atoms with Crippen LogP contribution in [0.2, 0.25) is 5.02 Å². The lowest BCUT2D eigenvalue weighted by atomic mass is 10.1. The average molecular weight is 441 g/mol. The highest BCUT2D eigenvalue weighted by Crippen LogP contribution is 2.27. The van der Waals surface area contributed by atoms with Crippen molar-refractivity contribution in [2.45, 2.75) is 18.8 Å². The quantitative estimate of drug-likeness (QED) is 0.547. The van der Waals surface area contributed by atoms with E-state index in [-0.39, 0.29) is 0 Å². The number of urea groups is 1. The highest BCUT2D eigenvalue weighted by atomic mass is 35.5. The van der Waals surface area contributed by atoms with E-state index < -0.39 is 24.1 Å². The van der Waals surface area contributed by atoms with Crippen LogP contribution in [0.5, 0.6) is 5.75 Å². The number of likely N-dealkylation sites (N-methyl/N-ethyl adjacent to an activating group) is 1. The Hall–Kier alpha value is -3.59. The molecule has 31 heavy (non-hydrogen) atoms. The molecule has 0 radical (unpaired) electrons. The van der Waals surface area contributed by atoms with Crippen LogP contribution in [0.15, 0.2) is 58.6 Å². The second-order valence-electron chi connectivity index (χ2n) is 7.08. The molecule has 2 aliphatic heterocycles. The molecular formula is C21H21ClN6O3. The summed E-state index contributed by atoms with van der Waals surface area (Å²) in [5.74, 6) is 0.704. The molecule has 10 heteroatoms. The Labute approximate surface area is 184 Å². The molecule has 1 saturated heterocycles. The molecule has 4 rings (SSSR count). The minimum absolute atomic E-state index is 0.320. The summed E-state index contributed by atoms with van der Waals surface area (Å²) >= 11 is 6.33. The number of carbonyl (C=O) groups excluding carboxylic acids is 2. The molecule has 2 atom stereocenters. The lowest BCUT2D eigenvalue weighted by molar-refractivity contribution is -0.127. The Bertz CT molecular complexity index is 1060. The third-order valence-electron chi connectivity index (χ3n) is 5.15. The summed E-state index contributed by atoms with van der Waals surface area (Å²) in [7, 11) is 3.20. The van der Waals surface area contributed by atoms with Gasteiger partial charge < -0.3 is 14.5 Å². The number of rotatable bonds is 5. The Morgan fingerprint density at radius 3 is 2.68 bits per heavy atom. The molecule has 2 aliphatic rings. The lowest BCUT2D eigenvalue weighted by Gasteiger charge is -2.36. The van der Waals surface area contributed by atoms with Crippen molar-refractivity contribution < 1.29 is 14.3 Å². The van der Waals surface area contributed by atoms with Gasteiger partial charge in [-0.15, -0.1) is 0 Å². The number of nitrogens with zero attached hydrogens (tertiary/aromatic N) is 4. The zero-order valence-corrected chi connectivity index (χ0v) is 17.7. The Kier molecular flexibility index (Phi) is 5.77. The second kappa shape index (κ2) is 8.65. The van der Waals surface area contributed by atoms with Gasteiger partial charge in [-0.2, -0.15) is 5.10 Å². The van der Waals surface area contributed by atoms with Crippen LogP contribution >= 0.6 is 11.6 Å². The molecule has 9 nitrogen and oxygen atoms in total. The van der Waals surface area contributed by atoms with Gasteiger partial charge in [0.05, 0.1) is 13.3 Å². The number of hydrogen-bond acceptors (Lipinski definition) is 7. The molecular weight excluding hydrogens is 420 g/mol. The van der Waals surface area contributed by atoms with Crippen molar-refractivity contribution in [3.05, 3.63) is 64.7 Å². The largest absolute Gasteiger partial charge is 0.497 e. The molecule has 0 aliphatic carbocycles. The number of ether oxygens (including phenoxy) is 1. The number of benzene rings is 2. The number of imide groups is 1. The number of guanidine groups is 1. The zero-order valence-electron chi connectivity index (χ0n) is 16.9.